The molecule has 3 nitrogen and oxygen atoms in total. The van der Waals surface area contributed by atoms with Crippen molar-refractivity contribution < 1.29 is 9.18 Å². The molecule has 2 N–H and O–H groups in total. The lowest BCUT2D eigenvalue weighted by atomic mass is 9.99. The number of thiophene rings is 1. The Labute approximate surface area is 139 Å². The number of hydrogen-bond donors (Lipinski definition) is 2. The predicted octanol–water partition coefficient (Wildman–Crippen LogP) is 4.05. The minimum Gasteiger partial charge on any atom is -0.319 e. The minimum absolute atomic E-state index is 0.228. The lowest BCUT2D eigenvalue weighted by Gasteiger charge is -2.19. The van der Waals surface area contributed by atoms with Gasteiger partial charge in [-0.05, 0) is 55.1 Å². The molecule has 2 aromatic rings. The van der Waals surface area contributed by atoms with Crippen molar-refractivity contribution in [3.05, 3.63) is 50.5 Å². The van der Waals surface area contributed by atoms with E-state index in [1.165, 1.54) is 16.9 Å². The van der Waals surface area contributed by atoms with E-state index in [1.54, 1.807) is 6.07 Å². The number of carbonyl (C=O) groups excluding carboxylic acids is 1. The zero-order chi connectivity index (χ0) is 16.4. The Bertz CT molecular complexity index is 739. The summed E-state index contributed by atoms with van der Waals surface area (Å²) in [5, 5.41) is 5.96. The molecule has 122 valence electrons. The largest absolute Gasteiger partial charge is 0.319 e. The smallest absolute Gasteiger partial charge is 0.265 e. The van der Waals surface area contributed by atoms with Crippen LogP contribution in [0, 0.1) is 12.7 Å². The number of benzene rings is 1. The molecule has 23 heavy (non-hydrogen) atoms. The van der Waals surface area contributed by atoms with Gasteiger partial charge in [0.05, 0.1) is 10.6 Å². The number of fused-ring (bicyclic) bond motifs is 1. The molecule has 1 amide bonds. The molecule has 0 fully saturated rings. The number of halogens is 1. The Balaban J connectivity index is 1.81. The van der Waals surface area contributed by atoms with E-state index < -0.39 is 0 Å². The summed E-state index contributed by atoms with van der Waals surface area (Å²) < 4.78 is 14.6. The van der Waals surface area contributed by atoms with Crippen molar-refractivity contribution >= 4 is 22.9 Å². The highest BCUT2D eigenvalue weighted by molar-refractivity contribution is 7.14. The molecule has 0 aliphatic carbocycles. The van der Waals surface area contributed by atoms with Gasteiger partial charge in [0.25, 0.3) is 5.91 Å². The van der Waals surface area contributed by atoms with E-state index >= 15 is 0 Å². The molecule has 0 spiro atoms. The second kappa shape index (κ2) is 6.81. The fourth-order valence-corrected chi connectivity index (χ4v) is 3.93. The van der Waals surface area contributed by atoms with Crippen LogP contribution < -0.4 is 10.6 Å². The highest BCUT2D eigenvalue weighted by Crippen LogP contribution is 2.27. The van der Waals surface area contributed by atoms with Crippen LogP contribution in [0.15, 0.2) is 18.2 Å². The van der Waals surface area contributed by atoms with Gasteiger partial charge in [-0.25, -0.2) is 4.39 Å². The molecule has 0 saturated heterocycles. The summed E-state index contributed by atoms with van der Waals surface area (Å²) in [6.45, 7) is 5.60. The van der Waals surface area contributed by atoms with Crippen LogP contribution in [0.5, 0.6) is 0 Å². The molecule has 0 bridgehead atoms. The number of hydrogen-bond acceptors (Lipinski definition) is 3. The molecule has 0 radical (unpaired) electrons. The van der Waals surface area contributed by atoms with Crippen LogP contribution in [-0.2, 0) is 19.4 Å². The van der Waals surface area contributed by atoms with Crippen LogP contribution >= 0.6 is 11.3 Å². The molecule has 0 unspecified atom stereocenters. The first-order valence-corrected chi connectivity index (χ1v) is 8.83. The SMILES string of the molecule is CCCc1cc(C(=O)Nc2ccc3c(c2F)CCNC3)sc1C. The summed E-state index contributed by atoms with van der Waals surface area (Å²) in [5.74, 6) is -0.521. The first-order chi connectivity index (χ1) is 11.1. The van der Waals surface area contributed by atoms with Crippen LogP contribution in [0.2, 0.25) is 0 Å². The predicted molar refractivity (Wildman–Crippen MR) is 92.8 cm³/mol. The highest BCUT2D eigenvalue weighted by Gasteiger charge is 2.19. The zero-order valence-electron chi connectivity index (χ0n) is 13.5. The van der Waals surface area contributed by atoms with E-state index in [0.29, 0.717) is 17.8 Å². The lowest BCUT2D eigenvalue weighted by Crippen LogP contribution is -2.25. The third-order valence-electron chi connectivity index (χ3n) is 4.22. The van der Waals surface area contributed by atoms with Gasteiger partial charge in [0.15, 0.2) is 0 Å². The van der Waals surface area contributed by atoms with E-state index in [0.717, 1.165) is 35.4 Å². The normalized spacial score (nSPS) is 13.7. The summed E-state index contributed by atoms with van der Waals surface area (Å²) in [4.78, 5) is 14.2. The maximum absolute atomic E-state index is 14.6. The Morgan fingerprint density at radius 1 is 1.43 bits per heavy atom. The third kappa shape index (κ3) is 3.31. The van der Waals surface area contributed by atoms with Gasteiger partial charge in [-0.2, -0.15) is 0 Å². The van der Waals surface area contributed by atoms with Gasteiger partial charge >= 0.3 is 0 Å². The van der Waals surface area contributed by atoms with Crippen LogP contribution in [0.25, 0.3) is 0 Å². The molecule has 1 aromatic carbocycles. The average molecular weight is 332 g/mol. The van der Waals surface area contributed by atoms with Crippen molar-refractivity contribution in [3.63, 3.8) is 0 Å². The molecule has 5 heteroatoms. The molecule has 1 aliphatic rings. The zero-order valence-corrected chi connectivity index (χ0v) is 14.3. The van der Waals surface area contributed by atoms with Crippen LogP contribution in [0.4, 0.5) is 10.1 Å². The molecule has 0 atom stereocenters. The standard InChI is InChI=1S/C18H21FN2OS/c1-3-4-12-9-16(23-11(12)2)18(22)21-15-6-5-13-10-20-8-7-14(13)17(15)19/h5-6,9,20H,3-4,7-8,10H2,1-2H3,(H,21,22). The summed E-state index contributed by atoms with van der Waals surface area (Å²) >= 11 is 1.47. The van der Waals surface area contributed by atoms with Crippen LogP contribution in [0.3, 0.4) is 0 Å². The molecule has 2 heterocycles. The van der Waals surface area contributed by atoms with E-state index in [2.05, 4.69) is 17.6 Å². The van der Waals surface area contributed by atoms with Crippen LogP contribution in [-0.4, -0.2) is 12.5 Å². The van der Waals surface area contributed by atoms with Crippen molar-refractivity contribution in [1.82, 2.24) is 5.32 Å². The quantitative estimate of drug-likeness (QED) is 0.887. The summed E-state index contributed by atoms with van der Waals surface area (Å²) in [6.07, 6.45) is 2.67. The Hall–Kier alpha value is -1.72. The van der Waals surface area contributed by atoms with Gasteiger partial charge in [0, 0.05) is 11.4 Å². The Morgan fingerprint density at radius 3 is 3.04 bits per heavy atom. The molecular formula is C18H21FN2OS. The molecule has 1 aromatic heterocycles. The molecule has 1 aliphatic heterocycles. The first kappa shape index (κ1) is 16.1. The monoisotopic (exact) mass is 332 g/mol. The maximum Gasteiger partial charge on any atom is 0.265 e. The number of nitrogens with one attached hydrogen (secondary N) is 2. The average Bonchev–Trinajstić information content (AvgIpc) is 2.92. The number of anilines is 1. The second-order valence-corrected chi connectivity index (χ2v) is 7.14. The topological polar surface area (TPSA) is 41.1 Å². The second-order valence-electron chi connectivity index (χ2n) is 5.89. The van der Waals surface area contributed by atoms with Crippen molar-refractivity contribution in [2.75, 3.05) is 11.9 Å². The first-order valence-electron chi connectivity index (χ1n) is 8.01. The van der Waals surface area contributed by atoms with Gasteiger partial charge < -0.3 is 10.6 Å². The van der Waals surface area contributed by atoms with Crippen LogP contribution in [0.1, 0.15) is 44.6 Å². The summed E-state index contributed by atoms with van der Waals surface area (Å²) in [6, 6.07) is 5.48. The lowest BCUT2D eigenvalue weighted by molar-refractivity contribution is 0.103. The summed E-state index contributed by atoms with van der Waals surface area (Å²) in [5.41, 5.74) is 3.18. The van der Waals surface area contributed by atoms with E-state index in [1.807, 2.05) is 19.1 Å². The molecule has 3 rings (SSSR count). The van der Waals surface area contributed by atoms with Crippen molar-refractivity contribution in [3.8, 4) is 0 Å². The van der Waals surface area contributed by atoms with Gasteiger partial charge in [0.1, 0.15) is 5.82 Å². The van der Waals surface area contributed by atoms with E-state index in [9.17, 15) is 9.18 Å². The van der Waals surface area contributed by atoms with E-state index in [4.69, 9.17) is 0 Å². The maximum atomic E-state index is 14.6. The van der Waals surface area contributed by atoms with Gasteiger partial charge in [-0.1, -0.05) is 19.4 Å². The fraction of sp³-hybridized carbons (Fsp3) is 0.389. The number of amides is 1. The van der Waals surface area contributed by atoms with Crippen molar-refractivity contribution in [1.29, 1.82) is 0 Å². The molecular weight excluding hydrogens is 311 g/mol. The van der Waals surface area contributed by atoms with Crippen molar-refractivity contribution in [2.45, 2.75) is 39.7 Å². The number of rotatable bonds is 4. The van der Waals surface area contributed by atoms with Gasteiger partial charge in [0.2, 0.25) is 0 Å². The number of carbonyl (C=O) groups is 1. The third-order valence-corrected chi connectivity index (χ3v) is 5.31. The van der Waals surface area contributed by atoms with Gasteiger partial charge in [-0.3, -0.25) is 4.79 Å². The Morgan fingerprint density at radius 2 is 2.26 bits per heavy atom. The van der Waals surface area contributed by atoms with E-state index in [-0.39, 0.29) is 17.4 Å². The molecule has 0 saturated carbocycles. The van der Waals surface area contributed by atoms with Gasteiger partial charge in [-0.15, -0.1) is 11.3 Å². The minimum atomic E-state index is -0.292. The number of aryl methyl sites for hydroxylation is 2. The van der Waals surface area contributed by atoms with Crippen molar-refractivity contribution in [2.24, 2.45) is 0 Å². The fourth-order valence-electron chi connectivity index (χ4n) is 2.96. The Kier molecular flexibility index (Phi) is 4.78. The highest BCUT2D eigenvalue weighted by atomic mass is 32.1. The summed E-state index contributed by atoms with van der Waals surface area (Å²) in [7, 11) is 0.